The van der Waals surface area contributed by atoms with Gasteiger partial charge >= 0.3 is 17.9 Å². The van der Waals surface area contributed by atoms with Gasteiger partial charge in [0.05, 0.1) is 0 Å². The number of esters is 3. The topological polar surface area (TPSA) is 78.9 Å². The number of hydrogen-bond donors (Lipinski definition) is 0. The first-order valence-electron chi connectivity index (χ1n) is 21.8. The third-order valence-electron chi connectivity index (χ3n) is 8.38. The normalized spacial score (nSPS) is 13.4. The second-order valence-corrected chi connectivity index (χ2v) is 13.7. The van der Waals surface area contributed by atoms with E-state index in [2.05, 4.69) is 87.6 Å². The fourth-order valence-electron chi connectivity index (χ4n) is 5.17. The molecule has 0 aliphatic heterocycles. The Kier molecular flexibility index (Phi) is 40.8. The number of rotatable bonds is 36. The number of hydrogen-bond acceptors (Lipinski definition) is 6. The first-order chi connectivity index (χ1) is 28.0. The molecule has 0 radical (unpaired) electrons. The zero-order valence-corrected chi connectivity index (χ0v) is 35.8. The molecule has 0 aromatic heterocycles. The van der Waals surface area contributed by atoms with Crippen LogP contribution in [0.25, 0.3) is 0 Å². The summed E-state index contributed by atoms with van der Waals surface area (Å²) in [5.74, 6) is -1.06. The van der Waals surface area contributed by atoms with Crippen LogP contribution in [0.4, 0.5) is 0 Å². The summed E-state index contributed by atoms with van der Waals surface area (Å²) in [7, 11) is 0. The Morgan fingerprint density at radius 3 is 1.05 bits per heavy atom. The summed E-state index contributed by atoms with van der Waals surface area (Å²) >= 11 is 0. The molecule has 6 nitrogen and oxygen atoms in total. The van der Waals surface area contributed by atoms with Crippen molar-refractivity contribution in [3.63, 3.8) is 0 Å². The van der Waals surface area contributed by atoms with Crippen LogP contribution in [0.1, 0.15) is 149 Å². The molecule has 0 aromatic carbocycles. The van der Waals surface area contributed by atoms with Gasteiger partial charge in [0, 0.05) is 19.3 Å². The van der Waals surface area contributed by atoms with Crippen LogP contribution in [0, 0.1) is 0 Å². The van der Waals surface area contributed by atoms with Crippen molar-refractivity contribution in [2.75, 3.05) is 13.2 Å². The van der Waals surface area contributed by atoms with E-state index in [9.17, 15) is 14.4 Å². The Balaban J connectivity index is 4.61. The standard InChI is InChI=1S/C51H76O6/c1-4-7-10-13-16-19-22-25-28-31-34-37-40-43-49(52)55-46-48(57-51(54)45-42-39-36-33-30-27-24-21-18-15-12-9-6-3)47-56-50(53)44-41-38-35-32-29-26-23-20-17-14-11-8-5-2/h7-25,28,31,34,48H,4-6,26-27,29-30,32-33,35-47H2,1-3H3/b10-7+,11-8+,12-9+,16-13+,17-14+,18-15+,22-19+,23-20+,24-21+,28-25+,34-31+. The predicted octanol–water partition coefficient (Wildman–Crippen LogP) is 14.0. The lowest BCUT2D eigenvalue weighted by Crippen LogP contribution is -2.30. The van der Waals surface area contributed by atoms with Crippen molar-refractivity contribution in [3.8, 4) is 0 Å². The minimum absolute atomic E-state index is 0.126. The van der Waals surface area contributed by atoms with Gasteiger partial charge in [-0.1, -0.05) is 193 Å². The van der Waals surface area contributed by atoms with Gasteiger partial charge in [0.1, 0.15) is 13.2 Å². The molecule has 0 amide bonds. The lowest BCUT2D eigenvalue weighted by Gasteiger charge is -2.18. The number of carbonyl (C=O) groups excluding carboxylic acids is 3. The highest BCUT2D eigenvalue weighted by Gasteiger charge is 2.19. The van der Waals surface area contributed by atoms with Crippen molar-refractivity contribution in [1.82, 2.24) is 0 Å². The zero-order valence-electron chi connectivity index (χ0n) is 35.8. The van der Waals surface area contributed by atoms with E-state index in [-0.39, 0.29) is 44.0 Å². The lowest BCUT2D eigenvalue weighted by atomic mass is 10.1. The van der Waals surface area contributed by atoms with E-state index >= 15 is 0 Å². The molecule has 0 spiro atoms. The minimum atomic E-state index is -0.829. The fraction of sp³-hybridized carbons (Fsp3) is 0.510. The molecule has 0 aromatic rings. The molecule has 6 heteroatoms. The molecule has 57 heavy (non-hydrogen) atoms. The summed E-state index contributed by atoms with van der Waals surface area (Å²) in [6, 6.07) is 0. The van der Waals surface area contributed by atoms with Crippen LogP contribution in [0.2, 0.25) is 0 Å². The summed E-state index contributed by atoms with van der Waals surface area (Å²) < 4.78 is 16.6. The average Bonchev–Trinajstić information content (AvgIpc) is 3.21. The van der Waals surface area contributed by atoms with Crippen molar-refractivity contribution < 1.29 is 28.6 Å². The van der Waals surface area contributed by atoms with E-state index in [1.165, 1.54) is 0 Å². The average molecular weight is 785 g/mol. The van der Waals surface area contributed by atoms with Crippen molar-refractivity contribution in [3.05, 3.63) is 134 Å². The SMILES string of the molecule is CC/C=C/C=C/C=C/C=C/C=C/CCCC(=O)OCC(COC(=O)CCCCCCC/C=C/C=C/C=C/CC)OC(=O)CCCCCCC/C=C/C=C/C=C/CC. The van der Waals surface area contributed by atoms with Crippen LogP contribution in [0.5, 0.6) is 0 Å². The molecule has 0 aliphatic carbocycles. The molecule has 0 saturated heterocycles. The van der Waals surface area contributed by atoms with Gasteiger partial charge in [-0.2, -0.15) is 0 Å². The molecule has 0 bridgehead atoms. The number of ether oxygens (including phenoxy) is 3. The summed E-state index contributed by atoms with van der Waals surface area (Å²) in [5, 5.41) is 0. The summed E-state index contributed by atoms with van der Waals surface area (Å²) in [5.41, 5.74) is 0. The fourth-order valence-corrected chi connectivity index (χ4v) is 5.17. The van der Waals surface area contributed by atoms with Crippen molar-refractivity contribution in [2.24, 2.45) is 0 Å². The quantitative estimate of drug-likeness (QED) is 0.0272. The van der Waals surface area contributed by atoms with Gasteiger partial charge in [0.2, 0.25) is 0 Å². The molecule has 0 fully saturated rings. The highest BCUT2D eigenvalue weighted by Crippen LogP contribution is 2.12. The first-order valence-corrected chi connectivity index (χ1v) is 21.8. The van der Waals surface area contributed by atoms with Crippen LogP contribution in [-0.2, 0) is 28.6 Å². The monoisotopic (exact) mass is 785 g/mol. The van der Waals surface area contributed by atoms with Crippen LogP contribution in [0.3, 0.4) is 0 Å². The van der Waals surface area contributed by atoms with Crippen molar-refractivity contribution in [2.45, 2.75) is 155 Å². The van der Waals surface area contributed by atoms with E-state index in [1.807, 2.05) is 66.8 Å². The third kappa shape index (κ3) is 42.5. The molecule has 0 saturated carbocycles. The Morgan fingerprint density at radius 1 is 0.351 bits per heavy atom. The van der Waals surface area contributed by atoms with E-state index in [4.69, 9.17) is 14.2 Å². The van der Waals surface area contributed by atoms with E-state index in [1.54, 1.807) is 0 Å². The maximum Gasteiger partial charge on any atom is 0.306 e. The highest BCUT2D eigenvalue weighted by atomic mass is 16.6. The highest BCUT2D eigenvalue weighted by molar-refractivity contribution is 5.71. The number of unbranched alkanes of at least 4 members (excludes halogenated alkanes) is 11. The van der Waals surface area contributed by atoms with Gasteiger partial charge < -0.3 is 14.2 Å². The van der Waals surface area contributed by atoms with Crippen LogP contribution in [-0.4, -0.2) is 37.2 Å². The second kappa shape index (κ2) is 44.3. The molecular formula is C51H76O6. The van der Waals surface area contributed by atoms with Crippen molar-refractivity contribution >= 4 is 17.9 Å². The summed E-state index contributed by atoms with van der Waals surface area (Å²) in [6.45, 7) is 6.08. The van der Waals surface area contributed by atoms with Gasteiger partial charge in [-0.15, -0.1) is 0 Å². The van der Waals surface area contributed by atoms with Crippen LogP contribution in [0.15, 0.2) is 134 Å². The molecule has 316 valence electrons. The largest absolute Gasteiger partial charge is 0.462 e. The molecule has 0 aliphatic rings. The third-order valence-corrected chi connectivity index (χ3v) is 8.38. The molecule has 1 atom stereocenters. The predicted molar refractivity (Wildman–Crippen MR) is 242 cm³/mol. The maximum atomic E-state index is 12.7. The second-order valence-electron chi connectivity index (χ2n) is 13.7. The molecule has 0 heterocycles. The Morgan fingerprint density at radius 2 is 0.649 bits per heavy atom. The van der Waals surface area contributed by atoms with Gasteiger partial charge in [-0.3, -0.25) is 14.4 Å². The molecule has 1 unspecified atom stereocenters. The van der Waals surface area contributed by atoms with Gasteiger partial charge in [0.15, 0.2) is 6.10 Å². The van der Waals surface area contributed by atoms with E-state index in [0.29, 0.717) is 12.8 Å². The van der Waals surface area contributed by atoms with Crippen LogP contribution >= 0.6 is 0 Å². The molecule has 0 rings (SSSR count). The Bertz CT molecular complexity index is 1320. The van der Waals surface area contributed by atoms with Gasteiger partial charge in [-0.05, 0) is 70.6 Å². The van der Waals surface area contributed by atoms with E-state index < -0.39 is 6.10 Å². The van der Waals surface area contributed by atoms with Crippen LogP contribution < -0.4 is 0 Å². The number of carbonyl (C=O) groups is 3. The summed E-state index contributed by atoms with van der Waals surface area (Å²) in [4.78, 5) is 37.7. The molecule has 0 N–H and O–H groups in total. The van der Waals surface area contributed by atoms with E-state index in [0.717, 1.165) is 103 Å². The zero-order chi connectivity index (χ0) is 41.5. The maximum absolute atomic E-state index is 12.7. The Labute approximate surface area is 347 Å². The lowest BCUT2D eigenvalue weighted by molar-refractivity contribution is -0.167. The minimum Gasteiger partial charge on any atom is -0.462 e. The summed E-state index contributed by atoms with van der Waals surface area (Å²) in [6.07, 6.45) is 61.5. The Hall–Kier alpha value is -4.45. The van der Waals surface area contributed by atoms with Gasteiger partial charge in [-0.25, -0.2) is 0 Å². The molecular weight excluding hydrogens is 709 g/mol. The number of allylic oxidation sites excluding steroid dienone is 22. The smallest absolute Gasteiger partial charge is 0.306 e. The van der Waals surface area contributed by atoms with Crippen molar-refractivity contribution in [1.29, 1.82) is 0 Å². The van der Waals surface area contributed by atoms with Gasteiger partial charge in [0.25, 0.3) is 0 Å². The first kappa shape index (κ1) is 52.6.